The molecule has 0 aromatic carbocycles. The predicted octanol–water partition coefficient (Wildman–Crippen LogP) is 1.29. The Labute approximate surface area is 95.8 Å². The van der Waals surface area contributed by atoms with Crippen molar-refractivity contribution in [1.29, 1.82) is 0 Å². The lowest BCUT2D eigenvalue weighted by atomic mass is 10.2. The molecule has 2 atom stereocenters. The maximum atomic E-state index is 11.7. The Morgan fingerprint density at radius 2 is 2.06 bits per heavy atom. The standard InChI is InChI=1S/C11H20N2O3/c1-4-9(10(14)15)12-11(16)13(3)7(2)8-5-6-8/h7-9H,4-6H2,1-3H3,(H,12,16)(H,14,15)/t7?,9-/m1/s1. The van der Waals surface area contributed by atoms with Crippen molar-refractivity contribution in [3.63, 3.8) is 0 Å². The van der Waals surface area contributed by atoms with Crippen molar-refractivity contribution in [2.75, 3.05) is 7.05 Å². The average Bonchev–Trinajstić information content (AvgIpc) is 3.06. The lowest BCUT2D eigenvalue weighted by Gasteiger charge is -2.26. The van der Waals surface area contributed by atoms with E-state index in [1.807, 2.05) is 6.92 Å². The molecule has 1 aliphatic rings. The van der Waals surface area contributed by atoms with Gasteiger partial charge in [0.1, 0.15) is 6.04 Å². The molecule has 2 amide bonds. The lowest BCUT2D eigenvalue weighted by Crippen LogP contribution is -2.49. The topological polar surface area (TPSA) is 69.6 Å². The highest BCUT2D eigenvalue weighted by atomic mass is 16.4. The third-order valence-corrected chi connectivity index (χ3v) is 3.24. The molecule has 1 unspecified atom stereocenters. The largest absolute Gasteiger partial charge is 0.480 e. The molecule has 0 aromatic rings. The summed E-state index contributed by atoms with van der Waals surface area (Å²) >= 11 is 0. The van der Waals surface area contributed by atoms with E-state index in [9.17, 15) is 9.59 Å². The Balaban J connectivity index is 2.46. The number of nitrogens with one attached hydrogen (secondary N) is 1. The Bertz CT molecular complexity index is 276. The number of urea groups is 1. The number of carbonyl (C=O) groups is 2. The summed E-state index contributed by atoms with van der Waals surface area (Å²) in [6.07, 6.45) is 2.72. The SMILES string of the molecule is CC[C@@H](NC(=O)N(C)C(C)C1CC1)C(=O)O. The highest BCUT2D eigenvalue weighted by Gasteiger charge is 2.33. The molecule has 0 aliphatic heterocycles. The fourth-order valence-electron chi connectivity index (χ4n) is 1.67. The number of carboxylic acids is 1. The summed E-state index contributed by atoms with van der Waals surface area (Å²) in [6.45, 7) is 3.74. The van der Waals surface area contributed by atoms with Gasteiger partial charge in [-0.15, -0.1) is 0 Å². The first-order valence-electron chi connectivity index (χ1n) is 5.73. The first kappa shape index (κ1) is 12.8. The molecule has 0 saturated heterocycles. The second kappa shape index (κ2) is 5.18. The van der Waals surface area contributed by atoms with Crippen molar-refractivity contribution >= 4 is 12.0 Å². The summed E-state index contributed by atoms with van der Waals surface area (Å²) in [7, 11) is 1.72. The highest BCUT2D eigenvalue weighted by Crippen LogP contribution is 2.34. The van der Waals surface area contributed by atoms with Gasteiger partial charge in [-0.05, 0) is 32.1 Å². The molecule has 0 radical (unpaired) electrons. The van der Waals surface area contributed by atoms with Gasteiger partial charge in [0.25, 0.3) is 0 Å². The number of hydrogen-bond acceptors (Lipinski definition) is 2. The molecule has 1 saturated carbocycles. The van der Waals surface area contributed by atoms with Crippen LogP contribution in [-0.2, 0) is 4.79 Å². The van der Waals surface area contributed by atoms with E-state index in [-0.39, 0.29) is 12.1 Å². The Morgan fingerprint density at radius 1 is 1.50 bits per heavy atom. The van der Waals surface area contributed by atoms with Crippen molar-refractivity contribution in [1.82, 2.24) is 10.2 Å². The fourth-order valence-corrected chi connectivity index (χ4v) is 1.67. The molecule has 1 aliphatic carbocycles. The van der Waals surface area contributed by atoms with Gasteiger partial charge in [-0.3, -0.25) is 0 Å². The van der Waals surface area contributed by atoms with Crippen molar-refractivity contribution in [3.05, 3.63) is 0 Å². The van der Waals surface area contributed by atoms with Gasteiger partial charge in [0.05, 0.1) is 0 Å². The van der Waals surface area contributed by atoms with E-state index in [2.05, 4.69) is 5.32 Å². The first-order valence-corrected chi connectivity index (χ1v) is 5.73. The average molecular weight is 228 g/mol. The molecule has 0 bridgehead atoms. The van der Waals surface area contributed by atoms with Crippen molar-refractivity contribution in [2.45, 2.75) is 45.2 Å². The minimum absolute atomic E-state index is 0.186. The minimum atomic E-state index is -0.983. The molecule has 16 heavy (non-hydrogen) atoms. The van der Waals surface area contributed by atoms with Gasteiger partial charge in [-0.25, -0.2) is 9.59 Å². The van der Waals surface area contributed by atoms with Crippen LogP contribution in [0.4, 0.5) is 4.79 Å². The third kappa shape index (κ3) is 3.12. The Morgan fingerprint density at radius 3 is 2.44 bits per heavy atom. The van der Waals surface area contributed by atoms with Gasteiger partial charge in [0.2, 0.25) is 0 Å². The summed E-state index contributed by atoms with van der Waals surface area (Å²) in [6, 6.07) is -0.902. The monoisotopic (exact) mass is 228 g/mol. The third-order valence-electron chi connectivity index (χ3n) is 3.24. The second-order valence-electron chi connectivity index (χ2n) is 4.44. The zero-order chi connectivity index (χ0) is 12.3. The highest BCUT2D eigenvalue weighted by molar-refractivity contribution is 5.82. The van der Waals surface area contributed by atoms with E-state index in [0.717, 1.165) is 12.8 Å². The van der Waals surface area contributed by atoms with E-state index in [1.165, 1.54) is 0 Å². The van der Waals surface area contributed by atoms with Crippen LogP contribution in [0.5, 0.6) is 0 Å². The number of hydrogen-bond donors (Lipinski definition) is 2. The smallest absolute Gasteiger partial charge is 0.326 e. The number of carboxylic acid groups (broad SMARTS) is 1. The number of carbonyl (C=O) groups excluding carboxylic acids is 1. The van der Waals surface area contributed by atoms with Gasteiger partial charge in [0.15, 0.2) is 0 Å². The molecule has 1 rings (SSSR count). The van der Waals surface area contributed by atoms with Crippen LogP contribution in [0.25, 0.3) is 0 Å². The molecule has 0 spiro atoms. The van der Waals surface area contributed by atoms with Gasteiger partial charge in [-0.1, -0.05) is 6.92 Å². The Kier molecular flexibility index (Phi) is 4.15. The molecule has 0 heterocycles. The molecule has 5 heteroatoms. The second-order valence-corrected chi connectivity index (χ2v) is 4.44. The lowest BCUT2D eigenvalue weighted by molar-refractivity contribution is -0.139. The van der Waals surface area contributed by atoms with Crippen LogP contribution in [0.2, 0.25) is 0 Å². The van der Waals surface area contributed by atoms with E-state index in [4.69, 9.17) is 5.11 Å². The van der Waals surface area contributed by atoms with Crippen LogP contribution in [0.1, 0.15) is 33.1 Å². The normalized spacial score (nSPS) is 18.7. The van der Waals surface area contributed by atoms with Crippen LogP contribution >= 0.6 is 0 Å². The number of aliphatic carboxylic acids is 1. The molecule has 92 valence electrons. The van der Waals surface area contributed by atoms with Gasteiger partial charge >= 0.3 is 12.0 Å². The zero-order valence-electron chi connectivity index (χ0n) is 10.1. The fraction of sp³-hybridized carbons (Fsp3) is 0.818. The quantitative estimate of drug-likeness (QED) is 0.745. The maximum absolute atomic E-state index is 11.7. The van der Waals surface area contributed by atoms with Crippen LogP contribution in [0.3, 0.4) is 0 Å². The summed E-state index contributed by atoms with van der Waals surface area (Å²) in [5.41, 5.74) is 0. The van der Waals surface area contributed by atoms with E-state index >= 15 is 0 Å². The van der Waals surface area contributed by atoms with Gasteiger partial charge in [0, 0.05) is 13.1 Å². The molecule has 0 aromatic heterocycles. The molecule has 2 N–H and O–H groups in total. The molecule has 1 fully saturated rings. The molecular weight excluding hydrogens is 208 g/mol. The predicted molar refractivity (Wildman–Crippen MR) is 60.2 cm³/mol. The number of amides is 2. The van der Waals surface area contributed by atoms with Crippen molar-refractivity contribution in [3.8, 4) is 0 Å². The summed E-state index contributed by atoms with van der Waals surface area (Å²) in [5.74, 6) is -0.399. The van der Waals surface area contributed by atoms with Gasteiger partial charge < -0.3 is 15.3 Å². The van der Waals surface area contributed by atoms with Gasteiger partial charge in [-0.2, -0.15) is 0 Å². The first-order chi connectivity index (χ1) is 7.47. The van der Waals surface area contributed by atoms with Crippen LogP contribution < -0.4 is 5.32 Å². The van der Waals surface area contributed by atoms with Crippen LogP contribution in [0.15, 0.2) is 0 Å². The van der Waals surface area contributed by atoms with Crippen molar-refractivity contribution in [2.24, 2.45) is 5.92 Å². The number of rotatable bonds is 5. The molecular formula is C11H20N2O3. The van der Waals surface area contributed by atoms with Crippen molar-refractivity contribution < 1.29 is 14.7 Å². The molecule has 5 nitrogen and oxygen atoms in total. The Hall–Kier alpha value is -1.26. The number of nitrogens with zero attached hydrogens (tertiary/aromatic N) is 1. The minimum Gasteiger partial charge on any atom is -0.480 e. The van der Waals surface area contributed by atoms with E-state index in [1.54, 1.807) is 18.9 Å². The van der Waals surface area contributed by atoms with E-state index in [0.29, 0.717) is 12.3 Å². The van der Waals surface area contributed by atoms with E-state index < -0.39 is 12.0 Å². The summed E-state index contributed by atoms with van der Waals surface area (Å²) in [4.78, 5) is 24.1. The zero-order valence-corrected chi connectivity index (χ0v) is 10.1. The van der Waals surface area contributed by atoms with Crippen LogP contribution in [0, 0.1) is 5.92 Å². The van der Waals surface area contributed by atoms with Crippen LogP contribution in [-0.4, -0.2) is 41.1 Å². The summed E-state index contributed by atoms with van der Waals surface area (Å²) < 4.78 is 0. The maximum Gasteiger partial charge on any atom is 0.326 e. The summed E-state index contributed by atoms with van der Waals surface area (Å²) in [5, 5.41) is 11.3.